The molecule has 0 aliphatic carbocycles. The second-order valence-electron chi connectivity index (χ2n) is 6.37. The molecule has 8 nitrogen and oxygen atoms in total. The number of aromatic nitrogens is 1. The van der Waals surface area contributed by atoms with Crippen molar-refractivity contribution in [1.29, 1.82) is 0 Å². The number of aryl methyl sites for hydroxylation is 1. The number of carbonyl (C=O) groups excluding carboxylic acids is 2. The van der Waals surface area contributed by atoms with Crippen molar-refractivity contribution in [3.8, 4) is 17.2 Å². The predicted octanol–water partition coefficient (Wildman–Crippen LogP) is 3.36. The van der Waals surface area contributed by atoms with Gasteiger partial charge in [-0.3, -0.25) is 9.78 Å². The van der Waals surface area contributed by atoms with Crippen molar-refractivity contribution in [3.05, 3.63) is 53.7 Å². The lowest BCUT2D eigenvalue weighted by atomic mass is 10.1. The zero-order valence-electron chi connectivity index (χ0n) is 17.1. The molecule has 1 N–H and O–H groups in total. The van der Waals surface area contributed by atoms with Gasteiger partial charge in [-0.1, -0.05) is 0 Å². The van der Waals surface area contributed by atoms with Gasteiger partial charge in [0.25, 0.3) is 5.91 Å². The van der Waals surface area contributed by atoms with E-state index in [1.54, 1.807) is 50.4 Å². The topological polar surface area (TPSA) is 96.0 Å². The number of ether oxygens (including phenoxy) is 4. The van der Waals surface area contributed by atoms with E-state index in [-0.39, 0.29) is 5.56 Å². The molecule has 2 aromatic carbocycles. The molecular weight excluding hydrogens is 388 g/mol. The number of nitrogens with zero attached hydrogens (tertiary/aromatic N) is 1. The van der Waals surface area contributed by atoms with Gasteiger partial charge in [0.1, 0.15) is 17.2 Å². The normalized spacial score (nSPS) is 10.4. The zero-order valence-corrected chi connectivity index (χ0v) is 17.1. The summed E-state index contributed by atoms with van der Waals surface area (Å²) in [6.07, 6.45) is 0. The Morgan fingerprint density at radius 1 is 0.933 bits per heavy atom. The summed E-state index contributed by atoms with van der Waals surface area (Å²) in [4.78, 5) is 29.2. The first-order valence-corrected chi connectivity index (χ1v) is 9.09. The molecule has 0 unspecified atom stereocenters. The van der Waals surface area contributed by atoms with Crippen molar-refractivity contribution < 1.29 is 28.5 Å². The Morgan fingerprint density at radius 3 is 2.33 bits per heavy atom. The van der Waals surface area contributed by atoms with Crippen LogP contribution in [0.3, 0.4) is 0 Å². The third-order valence-electron chi connectivity index (χ3n) is 4.45. The zero-order chi connectivity index (χ0) is 21.7. The lowest BCUT2D eigenvalue weighted by molar-refractivity contribution is -0.119. The fourth-order valence-corrected chi connectivity index (χ4v) is 2.89. The summed E-state index contributed by atoms with van der Waals surface area (Å²) in [5.41, 5.74) is 1.93. The van der Waals surface area contributed by atoms with Crippen LogP contribution in [-0.4, -0.2) is 44.8 Å². The molecule has 8 heteroatoms. The maximum absolute atomic E-state index is 12.5. The number of rotatable bonds is 7. The number of hydrogen-bond donors (Lipinski definition) is 1. The molecule has 0 aliphatic rings. The van der Waals surface area contributed by atoms with Gasteiger partial charge in [-0.2, -0.15) is 0 Å². The van der Waals surface area contributed by atoms with Gasteiger partial charge in [0, 0.05) is 11.5 Å². The average Bonchev–Trinajstić information content (AvgIpc) is 2.76. The molecule has 0 saturated heterocycles. The summed E-state index contributed by atoms with van der Waals surface area (Å²) >= 11 is 0. The molecule has 3 rings (SSSR count). The van der Waals surface area contributed by atoms with Crippen molar-refractivity contribution in [2.45, 2.75) is 6.92 Å². The van der Waals surface area contributed by atoms with Gasteiger partial charge in [0.2, 0.25) is 0 Å². The minimum atomic E-state index is -0.641. The molecule has 0 bridgehead atoms. The van der Waals surface area contributed by atoms with E-state index >= 15 is 0 Å². The van der Waals surface area contributed by atoms with E-state index in [1.165, 1.54) is 14.2 Å². The smallest absolute Gasteiger partial charge is 0.340 e. The molecule has 30 heavy (non-hydrogen) atoms. The Morgan fingerprint density at radius 2 is 1.63 bits per heavy atom. The van der Waals surface area contributed by atoms with Crippen LogP contribution in [0.1, 0.15) is 16.1 Å². The number of esters is 1. The number of amides is 1. The lowest BCUT2D eigenvalue weighted by Crippen LogP contribution is -2.21. The minimum Gasteiger partial charge on any atom is -0.497 e. The van der Waals surface area contributed by atoms with E-state index in [0.717, 1.165) is 10.9 Å². The van der Waals surface area contributed by atoms with Crippen LogP contribution in [0.4, 0.5) is 5.69 Å². The first kappa shape index (κ1) is 20.9. The molecule has 1 amide bonds. The number of carbonyl (C=O) groups is 2. The summed E-state index contributed by atoms with van der Waals surface area (Å²) < 4.78 is 20.8. The quantitative estimate of drug-likeness (QED) is 0.597. The standard InChI is InChI=1S/C22H22N2O6/c1-13-17(10-14-9-15(27-2)5-7-18(14)23-13)22(26)30-12-21(25)24-19-11-16(28-3)6-8-20(19)29-4/h5-11H,12H2,1-4H3,(H,24,25). The Kier molecular flexibility index (Phi) is 6.36. The molecule has 0 aliphatic heterocycles. The van der Waals surface area contributed by atoms with Crippen LogP contribution in [0.2, 0.25) is 0 Å². The maximum Gasteiger partial charge on any atom is 0.340 e. The fraction of sp³-hybridized carbons (Fsp3) is 0.227. The van der Waals surface area contributed by atoms with E-state index in [1.807, 2.05) is 6.07 Å². The number of pyridine rings is 1. The van der Waals surface area contributed by atoms with E-state index in [0.29, 0.717) is 28.6 Å². The molecule has 0 atom stereocenters. The van der Waals surface area contributed by atoms with Crippen LogP contribution in [0.5, 0.6) is 17.2 Å². The van der Waals surface area contributed by atoms with Crippen LogP contribution in [0, 0.1) is 6.92 Å². The Hall–Kier alpha value is -3.81. The Balaban J connectivity index is 1.71. The van der Waals surface area contributed by atoms with Gasteiger partial charge in [-0.25, -0.2) is 4.79 Å². The van der Waals surface area contributed by atoms with Gasteiger partial charge in [-0.05, 0) is 43.3 Å². The van der Waals surface area contributed by atoms with Gasteiger partial charge in [0.15, 0.2) is 6.61 Å². The highest BCUT2D eigenvalue weighted by molar-refractivity contribution is 5.98. The maximum atomic E-state index is 12.5. The molecule has 1 aromatic heterocycles. The molecule has 3 aromatic rings. The van der Waals surface area contributed by atoms with Crippen LogP contribution < -0.4 is 19.5 Å². The van der Waals surface area contributed by atoms with Crippen molar-refractivity contribution >= 4 is 28.5 Å². The third-order valence-corrected chi connectivity index (χ3v) is 4.45. The third kappa shape index (κ3) is 4.60. The molecule has 156 valence electrons. The van der Waals surface area contributed by atoms with Crippen LogP contribution in [0.15, 0.2) is 42.5 Å². The summed E-state index contributed by atoms with van der Waals surface area (Å²) in [5, 5.41) is 3.38. The van der Waals surface area contributed by atoms with Crippen LogP contribution >= 0.6 is 0 Å². The first-order chi connectivity index (χ1) is 14.4. The number of fused-ring (bicyclic) bond motifs is 1. The number of hydrogen-bond acceptors (Lipinski definition) is 7. The molecule has 0 saturated carbocycles. The largest absolute Gasteiger partial charge is 0.497 e. The lowest BCUT2D eigenvalue weighted by Gasteiger charge is -2.12. The van der Waals surface area contributed by atoms with E-state index in [9.17, 15) is 9.59 Å². The fourth-order valence-electron chi connectivity index (χ4n) is 2.89. The van der Waals surface area contributed by atoms with Crippen LogP contribution in [-0.2, 0) is 9.53 Å². The summed E-state index contributed by atoms with van der Waals surface area (Å²) in [5.74, 6) is 0.509. The first-order valence-electron chi connectivity index (χ1n) is 9.09. The number of anilines is 1. The molecule has 0 radical (unpaired) electrons. The summed E-state index contributed by atoms with van der Waals surface area (Å²) in [6, 6.07) is 12.0. The molecular formula is C22H22N2O6. The van der Waals surface area contributed by atoms with E-state index in [4.69, 9.17) is 18.9 Å². The molecule has 0 fully saturated rings. The van der Waals surface area contributed by atoms with Crippen molar-refractivity contribution in [2.24, 2.45) is 0 Å². The average molecular weight is 410 g/mol. The Bertz CT molecular complexity index is 1100. The summed E-state index contributed by atoms with van der Waals surface area (Å²) in [6.45, 7) is 1.25. The highest BCUT2D eigenvalue weighted by atomic mass is 16.5. The van der Waals surface area contributed by atoms with Gasteiger partial charge in [-0.15, -0.1) is 0 Å². The van der Waals surface area contributed by atoms with E-state index in [2.05, 4.69) is 10.3 Å². The van der Waals surface area contributed by atoms with Crippen molar-refractivity contribution in [3.63, 3.8) is 0 Å². The number of benzene rings is 2. The Labute approximate surface area is 173 Å². The second kappa shape index (κ2) is 9.13. The highest BCUT2D eigenvalue weighted by Gasteiger charge is 2.16. The monoisotopic (exact) mass is 410 g/mol. The van der Waals surface area contributed by atoms with Crippen molar-refractivity contribution in [2.75, 3.05) is 33.3 Å². The molecule has 0 spiro atoms. The minimum absolute atomic E-state index is 0.280. The van der Waals surface area contributed by atoms with Gasteiger partial charge < -0.3 is 24.3 Å². The highest BCUT2D eigenvalue weighted by Crippen LogP contribution is 2.29. The van der Waals surface area contributed by atoms with Gasteiger partial charge >= 0.3 is 5.97 Å². The second-order valence-corrected chi connectivity index (χ2v) is 6.37. The van der Waals surface area contributed by atoms with Crippen LogP contribution in [0.25, 0.3) is 10.9 Å². The predicted molar refractivity (Wildman–Crippen MR) is 111 cm³/mol. The number of nitrogens with one attached hydrogen (secondary N) is 1. The summed E-state index contributed by atoms with van der Waals surface area (Å²) in [7, 11) is 4.57. The van der Waals surface area contributed by atoms with Crippen molar-refractivity contribution in [1.82, 2.24) is 4.98 Å². The van der Waals surface area contributed by atoms with Gasteiger partial charge in [0.05, 0.1) is 43.8 Å². The van der Waals surface area contributed by atoms with E-state index < -0.39 is 18.5 Å². The molecule has 1 heterocycles. The number of methoxy groups -OCH3 is 3. The SMILES string of the molecule is COc1ccc(OC)c(NC(=O)COC(=O)c2cc3cc(OC)ccc3nc2C)c1.